The summed E-state index contributed by atoms with van der Waals surface area (Å²) < 4.78 is 54.8. The first kappa shape index (κ1) is 25.6. The second kappa shape index (κ2) is 11.4. The molecule has 0 bridgehead atoms. The second-order valence-electron chi connectivity index (χ2n) is 7.11. The van der Waals surface area contributed by atoms with Crippen molar-refractivity contribution in [2.45, 2.75) is 18.9 Å². The summed E-state index contributed by atoms with van der Waals surface area (Å²) in [5, 5.41) is 5.47. The molecular weight excluding hydrogens is 485 g/mol. The summed E-state index contributed by atoms with van der Waals surface area (Å²) in [6, 6.07) is 0. The maximum atomic E-state index is 13.1. The van der Waals surface area contributed by atoms with Crippen LogP contribution >= 0.6 is 11.6 Å². The first-order valence-corrected chi connectivity index (χ1v) is 10.5. The standard InChI is InChI=1S/C19H22ClF3N6O5/c1-32-15(34-13-10-26-27-17(31)16(13)19(21,22)23)11-33-7-2-14(30)28-3-5-29(6-4-28)18-24-8-12(20)9-25-18/h8-10,15H,2-7,11H2,1H3,(H,27,31)/t15-/m1/s1. The highest BCUT2D eigenvalue weighted by Crippen LogP contribution is 2.33. The molecule has 186 valence electrons. The Labute approximate surface area is 196 Å². The summed E-state index contributed by atoms with van der Waals surface area (Å²) >= 11 is 5.79. The average molecular weight is 507 g/mol. The van der Waals surface area contributed by atoms with Gasteiger partial charge >= 0.3 is 6.18 Å². The van der Waals surface area contributed by atoms with Crippen molar-refractivity contribution in [2.24, 2.45) is 0 Å². The highest BCUT2D eigenvalue weighted by atomic mass is 35.5. The molecule has 1 fully saturated rings. The van der Waals surface area contributed by atoms with Crippen molar-refractivity contribution in [2.75, 3.05) is 51.4 Å². The van der Waals surface area contributed by atoms with E-state index in [9.17, 15) is 22.8 Å². The van der Waals surface area contributed by atoms with Gasteiger partial charge in [-0.05, 0) is 0 Å². The van der Waals surface area contributed by atoms with Crippen molar-refractivity contribution in [3.05, 3.63) is 39.5 Å². The van der Waals surface area contributed by atoms with Gasteiger partial charge in [0.1, 0.15) is 6.61 Å². The van der Waals surface area contributed by atoms with Gasteiger partial charge in [-0.15, -0.1) is 0 Å². The number of methoxy groups -OCH3 is 1. The Bertz CT molecular complexity index is 1010. The molecule has 1 saturated heterocycles. The maximum Gasteiger partial charge on any atom is 0.425 e. The molecule has 1 aliphatic heterocycles. The molecule has 34 heavy (non-hydrogen) atoms. The van der Waals surface area contributed by atoms with Crippen LogP contribution in [0.25, 0.3) is 0 Å². The minimum Gasteiger partial charge on any atom is -0.460 e. The van der Waals surface area contributed by atoms with Gasteiger partial charge in [-0.3, -0.25) is 9.59 Å². The van der Waals surface area contributed by atoms with E-state index in [4.69, 9.17) is 25.8 Å². The molecule has 3 heterocycles. The van der Waals surface area contributed by atoms with Crippen molar-refractivity contribution >= 4 is 23.5 Å². The van der Waals surface area contributed by atoms with Crippen LogP contribution in [-0.2, 0) is 20.4 Å². The van der Waals surface area contributed by atoms with E-state index in [0.29, 0.717) is 37.1 Å². The molecule has 1 amide bonds. The van der Waals surface area contributed by atoms with E-state index in [1.807, 2.05) is 4.90 Å². The summed E-state index contributed by atoms with van der Waals surface area (Å²) in [4.78, 5) is 35.9. The van der Waals surface area contributed by atoms with E-state index in [-0.39, 0.29) is 25.5 Å². The Kier molecular flexibility index (Phi) is 8.63. The highest BCUT2D eigenvalue weighted by Gasteiger charge is 2.39. The maximum absolute atomic E-state index is 13.1. The molecule has 0 spiro atoms. The van der Waals surface area contributed by atoms with Crippen LogP contribution in [0.2, 0.25) is 5.02 Å². The van der Waals surface area contributed by atoms with E-state index in [2.05, 4.69) is 15.1 Å². The van der Waals surface area contributed by atoms with Crippen molar-refractivity contribution in [3.63, 3.8) is 0 Å². The number of nitrogens with one attached hydrogen (secondary N) is 1. The normalized spacial score (nSPS) is 15.3. The summed E-state index contributed by atoms with van der Waals surface area (Å²) in [5.74, 6) is -0.384. The monoisotopic (exact) mass is 506 g/mol. The van der Waals surface area contributed by atoms with Crippen LogP contribution in [0.1, 0.15) is 12.0 Å². The first-order valence-electron chi connectivity index (χ1n) is 10.1. The molecular formula is C19H22ClF3N6O5. The van der Waals surface area contributed by atoms with Gasteiger partial charge in [-0.1, -0.05) is 11.6 Å². The number of halogens is 4. The molecule has 0 saturated carbocycles. The fraction of sp³-hybridized carbons (Fsp3) is 0.526. The van der Waals surface area contributed by atoms with Crippen LogP contribution in [0.4, 0.5) is 19.1 Å². The molecule has 2 aromatic heterocycles. The molecule has 0 aromatic carbocycles. The van der Waals surface area contributed by atoms with Gasteiger partial charge in [-0.2, -0.15) is 18.3 Å². The molecule has 1 aliphatic rings. The van der Waals surface area contributed by atoms with E-state index >= 15 is 0 Å². The molecule has 2 aromatic rings. The third-order valence-electron chi connectivity index (χ3n) is 4.86. The number of H-pyrrole nitrogens is 1. The van der Waals surface area contributed by atoms with Gasteiger partial charge in [0.25, 0.3) is 5.56 Å². The zero-order valence-electron chi connectivity index (χ0n) is 18.0. The quantitative estimate of drug-likeness (QED) is 0.396. The molecule has 0 aliphatic carbocycles. The number of hydrogen-bond donors (Lipinski definition) is 1. The zero-order chi connectivity index (χ0) is 24.7. The zero-order valence-corrected chi connectivity index (χ0v) is 18.8. The molecule has 3 rings (SSSR count). The number of ether oxygens (including phenoxy) is 3. The number of piperazine rings is 1. The van der Waals surface area contributed by atoms with Gasteiger partial charge in [0.05, 0.1) is 36.6 Å². The number of carbonyl (C=O) groups excluding carboxylic acids is 1. The SMILES string of the molecule is CO[C@@H](COCCC(=O)N1CCN(c2ncc(Cl)cn2)CC1)Oc1cn[nH]c(=O)c1C(F)(F)F. The molecule has 0 radical (unpaired) electrons. The predicted octanol–water partition coefficient (Wildman–Crippen LogP) is 1.34. The van der Waals surface area contributed by atoms with E-state index in [1.165, 1.54) is 19.5 Å². The van der Waals surface area contributed by atoms with Crippen molar-refractivity contribution in [1.29, 1.82) is 0 Å². The van der Waals surface area contributed by atoms with E-state index in [1.54, 1.807) is 10.00 Å². The third kappa shape index (κ3) is 6.77. The lowest BCUT2D eigenvalue weighted by atomic mass is 10.2. The number of hydrogen-bond acceptors (Lipinski definition) is 9. The lowest BCUT2D eigenvalue weighted by Gasteiger charge is -2.34. The van der Waals surface area contributed by atoms with Crippen molar-refractivity contribution < 1.29 is 32.2 Å². The molecule has 0 unspecified atom stereocenters. The lowest BCUT2D eigenvalue weighted by molar-refractivity contribution is -0.146. The predicted molar refractivity (Wildman–Crippen MR) is 113 cm³/mol. The Morgan fingerprint density at radius 3 is 2.50 bits per heavy atom. The van der Waals surface area contributed by atoms with Gasteiger partial charge in [0.2, 0.25) is 18.1 Å². The molecule has 15 heteroatoms. The number of alkyl halides is 3. The molecule has 11 nitrogen and oxygen atoms in total. The number of aromatic nitrogens is 4. The van der Waals surface area contributed by atoms with Gasteiger partial charge in [-0.25, -0.2) is 15.1 Å². The second-order valence-corrected chi connectivity index (χ2v) is 7.55. The third-order valence-corrected chi connectivity index (χ3v) is 5.06. The number of nitrogens with zero attached hydrogens (tertiary/aromatic N) is 5. The van der Waals surface area contributed by atoms with E-state index in [0.717, 1.165) is 6.20 Å². The van der Waals surface area contributed by atoms with E-state index < -0.39 is 29.3 Å². The topological polar surface area (TPSA) is 123 Å². The van der Waals surface area contributed by atoms with Crippen molar-refractivity contribution in [1.82, 2.24) is 25.1 Å². The van der Waals surface area contributed by atoms with Gasteiger partial charge in [0.15, 0.2) is 11.3 Å². The number of anilines is 1. The Morgan fingerprint density at radius 1 is 1.21 bits per heavy atom. The number of carbonyl (C=O) groups is 1. The van der Waals surface area contributed by atoms with Crippen LogP contribution in [0.5, 0.6) is 5.75 Å². The smallest absolute Gasteiger partial charge is 0.425 e. The Morgan fingerprint density at radius 2 is 1.88 bits per heavy atom. The largest absolute Gasteiger partial charge is 0.460 e. The minimum atomic E-state index is -4.94. The van der Waals surface area contributed by atoms with Crippen LogP contribution in [0, 0.1) is 0 Å². The fourth-order valence-corrected chi connectivity index (χ4v) is 3.25. The Balaban J connectivity index is 1.42. The fourth-order valence-electron chi connectivity index (χ4n) is 3.15. The number of aromatic amines is 1. The lowest BCUT2D eigenvalue weighted by Crippen LogP contribution is -2.49. The number of amides is 1. The molecule has 1 N–H and O–H groups in total. The van der Waals surface area contributed by atoms with Crippen LogP contribution < -0.4 is 15.2 Å². The van der Waals surface area contributed by atoms with Crippen LogP contribution in [0.3, 0.4) is 0 Å². The van der Waals surface area contributed by atoms with Gasteiger partial charge < -0.3 is 24.0 Å². The van der Waals surface area contributed by atoms with Crippen molar-refractivity contribution in [3.8, 4) is 5.75 Å². The number of rotatable bonds is 9. The van der Waals surface area contributed by atoms with Crippen LogP contribution in [-0.4, -0.2) is 83.8 Å². The average Bonchev–Trinajstić information content (AvgIpc) is 2.80. The first-order chi connectivity index (χ1) is 16.2. The highest BCUT2D eigenvalue weighted by molar-refractivity contribution is 6.30. The summed E-state index contributed by atoms with van der Waals surface area (Å²) in [6.07, 6.45) is -2.38. The Hall–Kier alpha value is -2.97. The molecule has 1 atom stereocenters. The van der Waals surface area contributed by atoms with Crippen LogP contribution in [0.15, 0.2) is 23.4 Å². The summed E-state index contributed by atoms with van der Waals surface area (Å²) in [5.41, 5.74) is -2.96. The summed E-state index contributed by atoms with van der Waals surface area (Å²) in [6.45, 7) is 1.80. The minimum absolute atomic E-state index is 0.00230. The van der Waals surface area contributed by atoms with Gasteiger partial charge in [0, 0.05) is 33.3 Å². The summed E-state index contributed by atoms with van der Waals surface area (Å²) in [7, 11) is 1.21.